The van der Waals surface area contributed by atoms with E-state index in [-0.39, 0.29) is 24.0 Å². The third-order valence-corrected chi connectivity index (χ3v) is 3.27. The van der Waals surface area contributed by atoms with E-state index >= 15 is 0 Å². The number of nitrogens with zero attached hydrogens (tertiary/aromatic N) is 2. The number of benzene rings is 1. The lowest BCUT2D eigenvalue weighted by molar-refractivity contribution is 0.146. The highest BCUT2D eigenvalue weighted by Crippen LogP contribution is 2.13. The molecule has 7 heteroatoms. The average molecular weight is 443 g/mol. The predicted molar refractivity (Wildman–Crippen MR) is 111 cm³/mol. The third-order valence-electron chi connectivity index (χ3n) is 3.27. The summed E-state index contributed by atoms with van der Waals surface area (Å²) in [6.45, 7) is 5.54. The Labute approximate surface area is 160 Å². The largest absolute Gasteiger partial charge is 0.382 e. The fourth-order valence-corrected chi connectivity index (χ4v) is 2.11. The molecule has 6 nitrogen and oxygen atoms in total. The minimum absolute atomic E-state index is 0. The van der Waals surface area contributed by atoms with Crippen LogP contribution in [0.5, 0.6) is 0 Å². The van der Waals surface area contributed by atoms with Gasteiger partial charge in [0.05, 0.1) is 5.52 Å². The Hall–Kier alpha value is -1.61. The van der Waals surface area contributed by atoms with E-state index in [0.717, 1.165) is 42.9 Å². The highest BCUT2D eigenvalue weighted by atomic mass is 127. The molecule has 0 spiro atoms. The maximum atomic E-state index is 5.80. The molecule has 0 fully saturated rings. The molecule has 0 radical (unpaired) electrons. The van der Waals surface area contributed by atoms with Crippen LogP contribution in [-0.2, 0) is 4.74 Å². The third kappa shape index (κ3) is 7.31. The normalized spacial score (nSPS) is 11.1. The van der Waals surface area contributed by atoms with Gasteiger partial charge in [-0.15, -0.1) is 24.0 Å². The van der Waals surface area contributed by atoms with Gasteiger partial charge in [0.25, 0.3) is 0 Å². The first-order chi connectivity index (χ1) is 11.3. The Morgan fingerprint density at radius 2 is 2.04 bits per heavy atom. The van der Waals surface area contributed by atoms with Crippen molar-refractivity contribution in [3.63, 3.8) is 0 Å². The van der Waals surface area contributed by atoms with Crippen LogP contribution in [0.4, 0.5) is 5.82 Å². The number of halogens is 1. The van der Waals surface area contributed by atoms with Crippen LogP contribution < -0.4 is 16.4 Å². The Bertz CT molecular complexity index is 635. The van der Waals surface area contributed by atoms with Crippen molar-refractivity contribution in [3.8, 4) is 0 Å². The van der Waals surface area contributed by atoms with Crippen LogP contribution in [0, 0.1) is 0 Å². The summed E-state index contributed by atoms with van der Waals surface area (Å²) in [5.74, 6) is 1.33. The molecule has 0 aliphatic carbocycles. The molecule has 0 atom stereocenters. The lowest BCUT2D eigenvalue weighted by Gasteiger charge is -2.08. The summed E-state index contributed by atoms with van der Waals surface area (Å²) in [5, 5.41) is 7.49. The van der Waals surface area contributed by atoms with Crippen molar-refractivity contribution in [1.82, 2.24) is 10.3 Å². The van der Waals surface area contributed by atoms with Gasteiger partial charge in [-0.05, 0) is 31.5 Å². The van der Waals surface area contributed by atoms with Gasteiger partial charge in [0, 0.05) is 38.2 Å². The minimum Gasteiger partial charge on any atom is -0.382 e. The first-order valence-electron chi connectivity index (χ1n) is 8.01. The molecule has 1 heterocycles. The number of ether oxygens (including phenoxy) is 1. The van der Waals surface area contributed by atoms with Gasteiger partial charge in [0.1, 0.15) is 5.82 Å². The van der Waals surface area contributed by atoms with Gasteiger partial charge in [0.15, 0.2) is 5.96 Å². The number of hydrogen-bond donors (Lipinski definition) is 3. The highest BCUT2D eigenvalue weighted by Gasteiger charge is 1.97. The summed E-state index contributed by atoms with van der Waals surface area (Å²) in [5.41, 5.74) is 6.78. The van der Waals surface area contributed by atoms with Crippen LogP contribution in [0.2, 0.25) is 0 Å². The van der Waals surface area contributed by atoms with Crippen molar-refractivity contribution in [2.75, 3.05) is 38.2 Å². The first-order valence-corrected chi connectivity index (χ1v) is 8.01. The van der Waals surface area contributed by atoms with Gasteiger partial charge in [0.2, 0.25) is 0 Å². The molecule has 0 aliphatic rings. The van der Waals surface area contributed by atoms with Crippen molar-refractivity contribution in [2.45, 2.75) is 13.3 Å². The fraction of sp³-hybridized carbons (Fsp3) is 0.412. The zero-order chi connectivity index (χ0) is 16.3. The van der Waals surface area contributed by atoms with Crippen LogP contribution in [-0.4, -0.2) is 43.8 Å². The summed E-state index contributed by atoms with van der Waals surface area (Å²) in [4.78, 5) is 8.80. The second-order valence-corrected chi connectivity index (χ2v) is 5.06. The van der Waals surface area contributed by atoms with Gasteiger partial charge in [-0.3, -0.25) is 4.99 Å². The Balaban J connectivity index is 0.00000288. The summed E-state index contributed by atoms with van der Waals surface area (Å²) in [6.07, 6.45) is 0.884. The molecular formula is C17H26IN5O. The first kappa shape index (κ1) is 20.4. The monoisotopic (exact) mass is 443 g/mol. The molecule has 1 aromatic heterocycles. The van der Waals surface area contributed by atoms with Crippen molar-refractivity contribution in [3.05, 3.63) is 36.4 Å². The zero-order valence-corrected chi connectivity index (χ0v) is 16.3. The van der Waals surface area contributed by atoms with Crippen LogP contribution >= 0.6 is 24.0 Å². The molecule has 0 unspecified atom stereocenters. The maximum absolute atomic E-state index is 5.80. The number of pyridine rings is 1. The van der Waals surface area contributed by atoms with Gasteiger partial charge >= 0.3 is 0 Å². The van der Waals surface area contributed by atoms with E-state index in [1.54, 1.807) is 0 Å². The van der Waals surface area contributed by atoms with Gasteiger partial charge in [-0.25, -0.2) is 4.98 Å². The lowest BCUT2D eigenvalue weighted by Crippen LogP contribution is -2.35. The quantitative estimate of drug-likeness (QED) is 0.240. The smallest absolute Gasteiger partial charge is 0.188 e. The lowest BCUT2D eigenvalue weighted by atomic mass is 10.2. The number of nitrogens with two attached hydrogens (primary N) is 1. The fourth-order valence-electron chi connectivity index (χ4n) is 2.11. The SMILES string of the molecule is CCOCCCN=C(N)NCCNc1ccc2ccccc2n1.I. The standard InChI is InChI=1S/C17H25N5O.HI/c1-2-23-13-5-10-20-17(18)21-12-11-19-16-9-8-14-6-3-4-7-15(14)22-16;/h3-4,6-9H,2,5,10-13H2,1H3,(H,19,22)(H3,18,20,21);1H. The van der Waals surface area contributed by atoms with Crippen LogP contribution in [0.3, 0.4) is 0 Å². The number of anilines is 1. The average Bonchev–Trinajstić information content (AvgIpc) is 2.58. The number of nitrogens with one attached hydrogen (secondary N) is 2. The second-order valence-electron chi connectivity index (χ2n) is 5.06. The molecule has 2 rings (SSSR count). The molecule has 0 bridgehead atoms. The van der Waals surface area contributed by atoms with E-state index in [9.17, 15) is 0 Å². The van der Waals surface area contributed by atoms with Crippen molar-refractivity contribution in [1.29, 1.82) is 0 Å². The van der Waals surface area contributed by atoms with E-state index < -0.39 is 0 Å². The topological polar surface area (TPSA) is 84.6 Å². The second kappa shape index (κ2) is 11.9. The molecule has 0 saturated heterocycles. The summed E-state index contributed by atoms with van der Waals surface area (Å²) in [6, 6.07) is 12.1. The van der Waals surface area contributed by atoms with E-state index in [1.165, 1.54) is 0 Å². The molecular weight excluding hydrogens is 417 g/mol. The number of aromatic nitrogens is 1. The Morgan fingerprint density at radius 1 is 1.21 bits per heavy atom. The molecule has 0 amide bonds. The van der Waals surface area contributed by atoms with Crippen LogP contribution in [0.1, 0.15) is 13.3 Å². The molecule has 0 saturated carbocycles. The molecule has 0 aliphatic heterocycles. The van der Waals surface area contributed by atoms with Crippen molar-refractivity contribution >= 4 is 46.7 Å². The number of guanidine groups is 1. The molecule has 4 N–H and O–H groups in total. The van der Waals surface area contributed by atoms with Gasteiger partial charge < -0.3 is 21.1 Å². The highest BCUT2D eigenvalue weighted by molar-refractivity contribution is 14.0. The maximum Gasteiger partial charge on any atom is 0.188 e. The van der Waals surface area contributed by atoms with Gasteiger partial charge in [-0.2, -0.15) is 0 Å². The number of rotatable bonds is 9. The zero-order valence-electron chi connectivity index (χ0n) is 14.0. The number of hydrogen-bond acceptors (Lipinski definition) is 4. The van der Waals surface area contributed by atoms with Gasteiger partial charge in [-0.1, -0.05) is 18.2 Å². The summed E-state index contributed by atoms with van der Waals surface area (Å²) in [7, 11) is 0. The van der Waals surface area contributed by atoms with Crippen molar-refractivity contribution < 1.29 is 4.74 Å². The molecule has 132 valence electrons. The summed E-state index contributed by atoms with van der Waals surface area (Å²) < 4.78 is 5.25. The summed E-state index contributed by atoms with van der Waals surface area (Å²) >= 11 is 0. The van der Waals surface area contributed by atoms with E-state index in [2.05, 4.69) is 32.7 Å². The molecule has 24 heavy (non-hydrogen) atoms. The Morgan fingerprint density at radius 3 is 2.88 bits per heavy atom. The van der Waals surface area contributed by atoms with Crippen molar-refractivity contribution in [2.24, 2.45) is 10.7 Å². The molecule has 1 aromatic carbocycles. The number of aliphatic imine (C=N–C) groups is 1. The predicted octanol–water partition coefficient (Wildman–Crippen LogP) is 2.60. The minimum atomic E-state index is 0. The van der Waals surface area contributed by atoms with E-state index in [4.69, 9.17) is 10.5 Å². The van der Waals surface area contributed by atoms with E-state index in [0.29, 0.717) is 19.0 Å². The van der Waals surface area contributed by atoms with E-state index in [1.807, 2.05) is 31.2 Å². The van der Waals surface area contributed by atoms with Crippen LogP contribution in [0.15, 0.2) is 41.4 Å². The number of para-hydroxylation sites is 1. The number of fused-ring (bicyclic) bond motifs is 1. The molecule has 2 aromatic rings. The Kier molecular flexibility index (Phi) is 10.1. The van der Waals surface area contributed by atoms with Crippen LogP contribution in [0.25, 0.3) is 10.9 Å².